The van der Waals surface area contributed by atoms with Gasteiger partial charge in [-0.1, -0.05) is 24.3 Å². The predicted molar refractivity (Wildman–Crippen MR) is 138 cm³/mol. The Hall–Kier alpha value is -2.33. The van der Waals surface area contributed by atoms with Gasteiger partial charge in [0.15, 0.2) is 5.96 Å². The molecule has 0 bridgehead atoms. The summed E-state index contributed by atoms with van der Waals surface area (Å²) >= 11 is 0. The topological polar surface area (TPSA) is 78.0 Å². The van der Waals surface area contributed by atoms with E-state index in [-0.39, 0.29) is 29.9 Å². The number of guanidine groups is 1. The number of carbonyl (C=O) groups excluding carboxylic acids is 1. The fraction of sp³-hybridized carbons (Fsp3) is 0.391. The van der Waals surface area contributed by atoms with Crippen molar-refractivity contribution < 1.29 is 9.53 Å². The summed E-state index contributed by atoms with van der Waals surface area (Å²) in [5.41, 5.74) is 3.87. The fourth-order valence-electron chi connectivity index (χ4n) is 2.90. The van der Waals surface area contributed by atoms with E-state index in [1.54, 1.807) is 14.2 Å². The highest BCUT2D eigenvalue weighted by molar-refractivity contribution is 14.0. The second kappa shape index (κ2) is 13.9. The van der Waals surface area contributed by atoms with Crippen molar-refractivity contribution in [2.75, 3.05) is 41.3 Å². The molecule has 0 spiro atoms. The van der Waals surface area contributed by atoms with Gasteiger partial charge in [0.2, 0.25) is 0 Å². The molecule has 0 atom stereocenters. The smallest absolute Gasteiger partial charge is 0.251 e. The van der Waals surface area contributed by atoms with Crippen LogP contribution in [0, 0.1) is 6.92 Å². The molecule has 2 aromatic carbocycles. The van der Waals surface area contributed by atoms with Crippen molar-refractivity contribution in [3.05, 3.63) is 64.7 Å². The average Bonchev–Trinajstić information content (AvgIpc) is 2.74. The first-order valence-electron chi connectivity index (χ1n) is 10.0. The number of nitrogens with one attached hydrogen (secondary N) is 3. The van der Waals surface area contributed by atoms with Gasteiger partial charge in [0.25, 0.3) is 5.91 Å². The standard InChI is InChI=1S/C23H33N5O2.HI/c1-17-9-10-20(21(13-17)30-5)16-27-23(24-2)26-15-18-7-6-8-19(14-18)22(29)25-11-12-28(3)4;/h6-10,13-14H,11-12,15-16H2,1-5H3,(H,25,29)(H2,24,26,27);1H. The molecule has 0 radical (unpaired) electrons. The number of methoxy groups -OCH3 is 1. The number of amides is 1. The van der Waals surface area contributed by atoms with Gasteiger partial charge < -0.3 is 25.6 Å². The van der Waals surface area contributed by atoms with Crippen LogP contribution in [-0.2, 0) is 13.1 Å². The van der Waals surface area contributed by atoms with Gasteiger partial charge in [-0.25, -0.2) is 0 Å². The predicted octanol–water partition coefficient (Wildman–Crippen LogP) is 2.78. The lowest BCUT2D eigenvalue weighted by Crippen LogP contribution is -2.36. The summed E-state index contributed by atoms with van der Waals surface area (Å²) in [5.74, 6) is 1.47. The van der Waals surface area contributed by atoms with E-state index in [2.05, 4.69) is 27.0 Å². The Balaban J connectivity index is 0.00000480. The van der Waals surface area contributed by atoms with Crippen LogP contribution >= 0.6 is 24.0 Å². The SMILES string of the molecule is CN=C(NCc1cccc(C(=O)NCCN(C)C)c1)NCc1ccc(C)cc1OC.I. The first-order valence-corrected chi connectivity index (χ1v) is 10.0. The molecule has 0 fully saturated rings. The lowest BCUT2D eigenvalue weighted by molar-refractivity contribution is 0.0951. The molecule has 0 heterocycles. The van der Waals surface area contributed by atoms with Gasteiger partial charge in [0.1, 0.15) is 5.75 Å². The number of aryl methyl sites for hydroxylation is 1. The maximum atomic E-state index is 12.3. The number of hydrogen-bond donors (Lipinski definition) is 3. The normalized spacial score (nSPS) is 11.0. The van der Waals surface area contributed by atoms with Crippen LogP contribution in [0.3, 0.4) is 0 Å². The van der Waals surface area contributed by atoms with E-state index < -0.39 is 0 Å². The summed E-state index contributed by atoms with van der Waals surface area (Å²) in [6.45, 7) is 4.62. The zero-order valence-electron chi connectivity index (χ0n) is 19.0. The minimum absolute atomic E-state index is 0. The van der Waals surface area contributed by atoms with Crippen LogP contribution in [0.5, 0.6) is 5.75 Å². The molecule has 31 heavy (non-hydrogen) atoms. The van der Waals surface area contributed by atoms with Crippen LogP contribution in [-0.4, -0.2) is 58.1 Å². The van der Waals surface area contributed by atoms with Gasteiger partial charge in [-0.05, 0) is 50.3 Å². The number of likely N-dealkylation sites (N-methyl/N-ethyl adjacent to an activating group) is 1. The number of aliphatic imine (C=N–C) groups is 1. The van der Waals surface area contributed by atoms with Gasteiger partial charge in [-0.2, -0.15) is 0 Å². The number of benzene rings is 2. The largest absolute Gasteiger partial charge is 0.496 e. The van der Waals surface area contributed by atoms with Crippen molar-refractivity contribution in [1.29, 1.82) is 0 Å². The zero-order chi connectivity index (χ0) is 21.9. The summed E-state index contributed by atoms with van der Waals surface area (Å²) in [6, 6.07) is 13.7. The van der Waals surface area contributed by atoms with Gasteiger partial charge >= 0.3 is 0 Å². The monoisotopic (exact) mass is 539 g/mol. The number of rotatable bonds is 9. The Kier molecular flexibility index (Phi) is 11.9. The summed E-state index contributed by atoms with van der Waals surface area (Å²) in [7, 11) is 7.37. The Labute approximate surface area is 202 Å². The molecule has 2 aromatic rings. The molecule has 0 aromatic heterocycles. The first-order chi connectivity index (χ1) is 14.4. The molecule has 0 saturated heterocycles. The Morgan fingerprint density at radius 2 is 1.81 bits per heavy atom. The summed E-state index contributed by atoms with van der Waals surface area (Å²) in [5, 5.41) is 9.53. The van der Waals surface area contributed by atoms with Crippen LogP contribution in [0.4, 0.5) is 0 Å². The maximum Gasteiger partial charge on any atom is 0.251 e. The quantitative estimate of drug-likeness (QED) is 0.260. The number of nitrogens with zero attached hydrogens (tertiary/aromatic N) is 2. The molecule has 0 aliphatic heterocycles. The summed E-state index contributed by atoms with van der Waals surface area (Å²) in [6.07, 6.45) is 0. The highest BCUT2D eigenvalue weighted by Crippen LogP contribution is 2.19. The Bertz CT molecular complexity index is 871. The van der Waals surface area contributed by atoms with E-state index in [1.165, 1.54) is 0 Å². The Morgan fingerprint density at radius 1 is 1.06 bits per heavy atom. The van der Waals surface area contributed by atoms with Crippen LogP contribution in [0.2, 0.25) is 0 Å². The van der Waals surface area contributed by atoms with E-state index in [9.17, 15) is 4.79 Å². The van der Waals surface area contributed by atoms with E-state index in [0.717, 1.165) is 29.0 Å². The summed E-state index contributed by atoms with van der Waals surface area (Å²) in [4.78, 5) is 18.6. The van der Waals surface area contributed by atoms with E-state index >= 15 is 0 Å². The first kappa shape index (κ1) is 26.7. The van der Waals surface area contributed by atoms with Crippen molar-refractivity contribution in [3.8, 4) is 5.75 Å². The molecule has 8 heteroatoms. The number of halogens is 1. The van der Waals surface area contributed by atoms with E-state index in [1.807, 2.05) is 62.3 Å². The van der Waals surface area contributed by atoms with Crippen molar-refractivity contribution in [2.45, 2.75) is 20.0 Å². The lowest BCUT2D eigenvalue weighted by atomic mass is 10.1. The van der Waals surface area contributed by atoms with Crippen LogP contribution in [0.1, 0.15) is 27.0 Å². The molecular formula is C23H34IN5O2. The third kappa shape index (κ3) is 9.14. The second-order valence-electron chi connectivity index (χ2n) is 7.35. The van der Waals surface area contributed by atoms with Gasteiger partial charge in [-0.3, -0.25) is 9.79 Å². The van der Waals surface area contributed by atoms with E-state index in [4.69, 9.17) is 4.74 Å². The third-order valence-electron chi connectivity index (χ3n) is 4.61. The molecule has 0 aliphatic carbocycles. The molecule has 0 unspecified atom stereocenters. The van der Waals surface area contributed by atoms with Crippen LogP contribution < -0.4 is 20.7 Å². The second-order valence-corrected chi connectivity index (χ2v) is 7.35. The molecule has 0 aliphatic rings. The molecule has 7 nitrogen and oxygen atoms in total. The fourth-order valence-corrected chi connectivity index (χ4v) is 2.90. The van der Waals surface area contributed by atoms with Crippen molar-refractivity contribution >= 4 is 35.8 Å². The molecule has 170 valence electrons. The van der Waals surface area contributed by atoms with Crippen LogP contribution in [0.25, 0.3) is 0 Å². The van der Waals surface area contributed by atoms with Crippen LogP contribution in [0.15, 0.2) is 47.5 Å². The number of carbonyl (C=O) groups is 1. The van der Waals surface area contributed by atoms with Crippen molar-refractivity contribution in [1.82, 2.24) is 20.9 Å². The Morgan fingerprint density at radius 3 is 2.48 bits per heavy atom. The molecular weight excluding hydrogens is 505 g/mol. The highest BCUT2D eigenvalue weighted by atomic mass is 127. The van der Waals surface area contributed by atoms with Gasteiger partial charge in [0.05, 0.1) is 7.11 Å². The lowest BCUT2D eigenvalue weighted by Gasteiger charge is -2.15. The zero-order valence-corrected chi connectivity index (χ0v) is 21.3. The number of ether oxygens (including phenoxy) is 1. The molecule has 0 saturated carbocycles. The van der Waals surface area contributed by atoms with Gasteiger partial charge in [-0.15, -0.1) is 24.0 Å². The van der Waals surface area contributed by atoms with E-state index in [0.29, 0.717) is 31.2 Å². The molecule has 1 amide bonds. The number of hydrogen-bond acceptors (Lipinski definition) is 4. The highest BCUT2D eigenvalue weighted by Gasteiger charge is 2.08. The average molecular weight is 539 g/mol. The molecule has 2 rings (SSSR count). The molecule has 3 N–H and O–H groups in total. The minimum Gasteiger partial charge on any atom is -0.496 e. The maximum absolute atomic E-state index is 12.3. The van der Waals surface area contributed by atoms with Crippen molar-refractivity contribution in [3.63, 3.8) is 0 Å². The third-order valence-corrected chi connectivity index (χ3v) is 4.61. The van der Waals surface area contributed by atoms with Crippen molar-refractivity contribution in [2.24, 2.45) is 4.99 Å². The minimum atomic E-state index is -0.0623. The van der Waals surface area contributed by atoms with Gasteiger partial charge in [0, 0.05) is 44.4 Å². The summed E-state index contributed by atoms with van der Waals surface area (Å²) < 4.78 is 5.46.